The number of carbonyl (C=O) groups excluding carboxylic acids is 1. The molecule has 0 spiro atoms. The Balaban J connectivity index is 2.39. The van der Waals surface area contributed by atoms with E-state index in [4.69, 9.17) is 13.0 Å². The molecule has 4 radical (unpaired) electrons. The number of amides is 1. The normalized spacial score (nSPS) is 13.2. The molecule has 11 heteroatoms. The number of pyridine rings is 1. The highest BCUT2D eigenvalue weighted by Gasteiger charge is 2.40. The van der Waals surface area contributed by atoms with Gasteiger partial charge in [-0.15, -0.1) is 0 Å². The zero-order valence-corrected chi connectivity index (χ0v) is 22.5. The highest BCUT2D eigenvalue weighted by Crippen LogP contribution is 2.41. The maximum Gasteiger partial charge on any atom is 0.296 e. The minimum atomic E-state index is -3.97. The van der Waals surface area contributed by atoms with Gasteiger partial charge in [-0.2, -0.15) is 8.42 Å². The van der Waals surface area contributed by atoms with Gasteiger partial charge in [-0.1, -0.05) is 37.6 Å². The summed E-state index contributed by atoms with van der Waals surface area (Å²) < 4.78 is 43.0. The topological polar surface area (TPSA) is 104 Å². The lowest BCUT2D eigenvalue weighted by Crippen LogP contribution is -2.42. The van der Waals surface area contributed by atoms with Gasteiger partial charge in [0.2, 0.25) is 25.4 Å². The average molecular weight is 507 g/mol. The molecular weight excluding hydrogens is 476 g/mol. The molecule has 2 rings (SSSR count). The Labute approximate surface area is 201 Å². The first kappa shape index (κ1) is 27.3. The standard InChI is InChI=1S/C22H30N2O6SSi2/c1-15-7-10-18(11-8-15)31(26,27)28-14-19(22(3,4)21(29-32-5)30-33-6)17-9-12-20(23-13-17)24-16(2)25/h7-13,19,21H,14H2,1-6H3,(H,23,24,25)/t19-/m1/s1. The third kappa shape index (κ3) is 7.55. The summed E-state index contributed by atoms with van der Waals surface area (Å²) in [5, 5.41) is 2.63. The molecule has 1 amide bonds. The van der Waals surface area contributed by atoms with Crippen molar-refractivity contribution in [2.24, 2.45) is 5.41 Å². The average Bonchev–Trinajstić information content (AvgIpc) is 2.74. The van der Waals surface area contributed by atoms with E-state index in [9.17, 15) is 13.2 Å². The second-order valence-corrected chi connectivity index (χ2v) is 11.0. The van der Waals surface area contributed by atoms with Gasteiger partial charge in [-0.25, -0.2) is 4.98 Å². The number of hydrogen-bond acceptors (Lipinski definition) is 7. The van der Waals surface area contributed by atoms with Crippen molar-refractivity contribution in [1.82, 2.24) is 4.98 Å². The number of anilines is 1. The van der Waals surface area contributed by atoms with Crippen molar-refractivity contribution in [2.45, 2.75) is 57.9 Å². The van der Waals surface area contributed by atoms with Crippen molar-refractivity contribution in [1.29, 1.82) is 0 Å². The highest BCUT2D eigenvalue weighted by molar-refractivity contribution is 7.86. The van der Waals surface area contributed by atoms with Gasteiger partial charge in [-0.05, 0) is 43.8 Å². The first-order valence-corrected chi connectivity index (χ1v) is 14.6. The number of aryl methyl sites for hydroxylation is 1. The molecule has 0 aliphatic heterocycles. The molecule has 8 nitrogen and oxygen atoms in total. The number of aromatic nitrogens is 1. The van der Waals surface area contributed by atoms with Crippen molar-refractivity contribution in [3.8, 4) is 0 Å². The Morgan fingerprint density at radius 1 is 1.09 bits per heavy atom. The molecule has 0 fully saturated rings. The van der Waals surface area contributed by atoms with Crippen LogP contribution in [0.2, 0.25) is 13.1 Å². The van der Waals surface area contributed by atoms with Crippen molar-refractivity contribution in [2.75, 3.05) is 11.9 Å². The first-order valence-electron chi connectivity index (χ1n) is 10.4. The van der Waals surface area contributed by atoms with Crippen LogP contribution in [0, 0.1) is 12.3 Å². The van der Waals surface area contributed by atoms with Gasteiger partial charge in [0.15, 0.2) is 0 Å². The Kier molecular flexibility index (Phi) is 9.94. The summed E-state index contributed by atoms with van der Waals surface area (Å²) in [4.78, 5) is 15.7. The molecule has 0 aliphatic carbocycles. The van der Waals surface area contributed by atoms with Crippen LogP contribution in [-0.2, 0) is 27.9 Å². The maximum atomic E-state index is 12.9. The van der Waals surface area contributed by atoms with E-state index in [1.54, 1.807) is 30.5 Å². The lowest BCUT2D eigenvalue weighted by Gasteiger charge is -2.40. The molecule has 178 valence electrons. The fourth-order valence-corrected chi connectivity index (χ4v) is 5.39. The van der Waals surface area contributed by atoms with Crippen LogP contribution in [0.4, 0.5) is 5.82 Å². The quantitative estimate of drug-likeness (QED) is 0.267. The Morgan fingerprint density at radius 3 is 2.18 bits per heavy atom. The zero-order valence-electron chi connectivity index (χ0n) is 19.7. The summed E-state index contributed by atoms with van der Waals surface area (Å²) in [6.07, 6.45) is 1.04. The predicted octanol–water partition coefficient (Wildman–Crippen LogP) is 3.56. The van der Waals surface area contributed by atoms with Crippen molar-refractivity contribution in [3.63, 3.8) is 0 Å². The van der Waals surface area contributed by atoms with E-state index in [1.807, 2.05) is 33.9 Å². The monoisotopic (exact) mass is 506 g/mol. The fraction of sp³-hybridized carbons (Fsp3) is 0.455. The van der Waals surface area contributed by atoms with Crippen LogP contribution in [-0.4, -0.2) is 51.7 Å². The number of hydrogen-bond donors (Lipinski definition) is 1. The van der Waals surface area contributed by atoms with Crippen molar-refractivity contribution >= 4 is 41.4 Å². The van der Waals surface area contributed by atoms with Crippen molar-refractivity contribution in [3.05, 3.63) is 53.7 Å². The molecule has 1 aromatic carbocycles. The molecule has 1 atom stereocenters. The van der Waals surface area contributed by atoms with Gasteiger partial charge in [0, 0.05) is 24.5 Å². The molecule has 0 saturated carbocycles. The third-order valence-corrected chi connectivity index (χ3v) is 7.34. The van der Waals surface area contributed by atoms with Crippen LogP contribution in [0.5, 0.6) is 0 Å². The van der Waals surface area contributed by atoms with Gasteiger partial charge in [-0.3, -0.25) is 8.98 Å². The second kappa shape index (κ2) is 12.0. The summed E-state index contributed by atoms with van der Waals surface area (Å²) in [5.41, 5.74) is 1.03. The van der Waals surface area contributed by atoms with Crippen LogP contribution in [0.3, 0.4) is 0 Å². The summed E-state index contributed by atoms with van der Waals surface area (Å²) in [5.74, 6) is -0.256. The number of carbonyl (C=O) groups is 1. The SMILES string of the molecule is C[Si]OC(O[Si]C)C(C)(C)[C@H](COS(=O)(=O)c1ccc(C)cc1)c1ccc(NC(C)=O)nc1. The number of nitrogens with one attached hydrogen (secondary N) is 1. The van der Waals surface area contributed by atoms with Gasteiger partial charge >= 0.3 is 0 Å². The number of nitrogens with zero attached hydrogens (tertiary/aromatic N) is 1. The largest absolute Gasteiger partial charge is 0.394 e. The molecular formula is C22H30N2O6SSi2. The Bertz CT molecular complexity index is 1010. The lowest BCUT2D eigenvalue weighted by molar-refractivity contribution is -0.114. The second-order valence-electron chi connectivity index (χ2n) is 8.06. The summed E-state index contributed by atoms with van der Waals surface area (Å²) in [7, 11) is -3.59. The van der Waals surface area contributed by atoms with E-state index in [2.05, 4.69) is 10.3 Å². The number of rotatable bonds is 12. The van der Waals surface area contributed by atoms with E-state index in [1.165, 1.54) is 19.1 Å². The molecule has 33 heavy (non-hydrogen) atoms. The van der Waals surface area contributed by atoms with Crippen LogP contribution in [0.1, 0.15) is 37.8 Å². The van der Waals surface area contributed by atoms with E-state index >= 15 is 0 Å². The fourth-order valence-electron chi connectivity index (χ4n) is 3.24. The summed E-state index contributed by atoms with van der Waals surface area (Å²) in [6.45, 7) is 10.9. The van der Waals surface area contributed by atoms with Crippen LogP contribution in [0.15, 0.2) is 47.5 Å². The van der Waals surface area contributed by atoms with Crippen LogP contribution in [0.25, 0.3) is 0 Å². The molecule has 0 aliphatic rings. The minimum Gasteiger partial charge on any atom is -0.394 e. The Hall–Kier alpha value is -1.90. The Morgan fingerprint density at radius 2 is 1.70 bits per heavy atom. The maximum absolute atomic E-state index is 12.9. The summed E-state index contributed by atoms with van der Waals surface area (Å²) >= 11 is 0. The molecule has 1 N–H and O–H groups in total. The zero-order chi connectivity index (χ0) is 24.6. The number of benzene rings is 1. The molecule has 0 saturated heterocycles. The lowest BCUT2D eigenvalue weighted by atomic mass is 9.75. The van der Waals surface area contributed by atoms with E-state index in [0.717, 1.165) is 11.1 Å². The molecule has 2 aromatic rings. The highest BCUT2D eigenvalue weighted by atomic mass is 32.2. The molecule has 0 bridgehead atoms. The van der Waals surface area contributed by atoms with Crippen LogP contribution < -0.4 is 5.32 Å². The van der Waals surface area contributed by atoms with E-state index < -0.39 is 27.7 Å². The molecule has 1 aromatic heterocycles. The van der Waals surface area contributed by atoms with Crippen LogP contribution >= 0.6 is 0 Å². The van der Waals surface area contributed by atoms with Crippen molar-refractivity contribution < 1.29 is 26.2 Å². The smallest absolute Gasteiger partial charge is 0.296 e. The third-order valence-electron chi connectivity index (χ3n) is 5.15. The van der Waals surface area contributed by atoms with E-state index in [-0.39, 0.29) is 36.9 Å². The van der Waals surface area contributed by atoms with Gasteiger partial charge < -0.3 is 14.2 Å². The first-order chi connectivity index (χ1) is 15.5. The minimum absolute atomic E-state index is 0.0953. The van der Waals surface area contributed by atoms with Gasteiger partial charge in [0.05, 0.1) is 11.5 Å². The van der Waals surface area contributed by atoms with E-state index in [0.29, 0.717) is 5.82 Å². The predicted molar refractivity (Wildman–Crippen MR) is 129 cm³/mol. The summed E-state index contributed by atoms with van der Waals surface area (Å²) in [6, 6.07) is 9.98. The molecule has 1 heterocycles. The van der Waals surface area contributed by atoms with Gasteiger partial charge in [0.25, 0.3) is 10.1 Å². The van der Waals surface area contributed by atoms with Gasteiger partial charge in [0.1, 0.15) is 12.1 Å². The molecule has 0 unspecified atom stereocenters.